The van der Waals surface area contributed by atoms with E-state index >= 15 is 0 Å². The number of carbonyl (C=O) groups excluding carboxylic acids is 1. The van der Waals surface area contributed by atoms with Crippen LogP contribution in [-0.2, 0) is 4.74 Å². The highest BCUT2D eigenvalue weighted by molar-refractivity contribution is 5.94. The molecule has 1 N–H and O–H groups in total. The number of hydrogen-bond acceptors (Lipinski definition) is 4. The Bertz CT molecular complexity index is 365. The molecule has 1 rings (SSSR count). The zero-order chi connectivity index (χ0) is 11.5. The molecule has 0 bridgehead atoms. The number of hydrogen-bond donors (Lipinski definition) is 1. The van der Waals surface area contributed by atoms with Crippen molar-refractivity contribution in [3.05, 3.63) is 23.9 Å². The monoisotopic (exact) mass is 169 g/mol. The zero-order valence-electron chi connectivity index (χ0n) is 9.50. The van der Waals surface area contributed by atoms with Gasteiger partial charge in [-0.1, -0.05) is 0 Å². The molecule has 0 atom stereocenters. The predicted octanol–water partition coefficient (Wildman–Crippen LogP) is 0.910. The van der Waals surface area contributed by atoms with Crippen LogP contribution >= 0.6 is 0 Å². The van der Waals surface area contributed by atoms with Crippen molar-refractivity contribution in [2.24, 2.45) is 0 Å². The van der Waals surface area contributed by atoms with Crippen LogP contribution in [0.1, 0.15) is 14.5 Å². The lowest BCUT2D eigenvalue weighted by atomic mass is 10.2. The number of ether oxygens (including phenoxy) is 1. The Morgan fingerprint density at radius 2 is 2.67 bits per heavy atom. The van der Waals surface area contributed by atoms with Crippen LogP contribution in [0.2, 0.25) is 0 Å². The first kappa shape index (κ1) is 5.13. The van der Waals surface area contributed by atoms with Crippen molar-refractivity contribution in [3.8, 4) is 0 Å². The van der Waals surface area contributed by atoms with Gasteiger partial charge in [0.2, 0.25) is 0 Å². The molecule has 4 nitrogen and oxygen atoms in total. The summed E-state index contributed by atoms with van der Waals surface area (Å²) >= 11 is 0. The quantitative estimate of drug-likeness (QED) is 0.668. The van der Waals surface area contributed by atoms with Gasteiger partial charge in [0.05, 0.1) is 7.11 Å². The Labute approximate surface area is 74.8 Å². The third-order valence-electron chi connectivity index (χ3n) is 1.33. The lowest BCUT2D eigenvalue weighted by Gasteiger charge is -2.04. The largest absolute Gasteiger partial charge is 0.465 e. The Balaban J connectivity index is 3.02. The molecule has 0 saturated heterocycles. The van der Waals surface area contributed by atoms with E-state index in [-0.39, 0.29) is 11.4 Å². The zero-order valence-corrected chi connectivity index (χ0v) is 6.50. The van der Waals surface area contributed by atoms with E-state index < -0.39 is 12.9 Å². The highest BCUT2D eigenvalue weighted by atomic mass is 16.5. The molecule has 64 valence electrons. The van der Waals surface area contributed by atoms with Crippen LogP contribution in [0, 0.1) is 0 Å². The second kappa shape index (κ2) is 3.71. The minimum atomic E-state index is -2.39. The molecule has 4 heteroatoms. The van der Waals surface area contributed by atoms with E-state index in [1.54, 1.807) is 0 Å². The maximum absolute atomic E-state index is 11.2. The maximum Gasteiger partial charge on any atom is 0.341 e. The van der Waals surface area contributed by atoms with Crippen LogP contribution in [-0.4, -0.2) is 25.0 Å². The van der Waals surface area contributed by atoms with Gasteiger partial charge in [-0.15, -0.1) is 0 Å². The van der Waals surface area contributed by atoms with Crippen molar-refractivity contribution in [2.45, 2.75) is 0 Å². The average Bonchev–Trinajstić information content (AvgIpc) is 2.15. The lowest BCUT2D eigenvalue weighted by Crippen LogP contribution is -2.06. The predicted molar refractivity (Wildman–Crippen MR) is 45.1 cm³/mol. The molecule has 0 aliphatic carbocycles. The summed E-state index contributed by atoms with van der Waals surface area (Å²) in [5.41, 5.74) is 0.0936. The Kier molecular flexibility index (Phi) is 1.59. The maximum atomic E-state index is 11.2. The number of nitrogens with one attached hydrogen (secondary N) is 1. The third-order valence-corrected chi connectivity index (χ3v) is 1.33. The fourth-order valence-corrected chi connectivity index (χ4v) is 0.780. The van der Waals surface area contributed by atoms with Crippen molar-refractivity contribution in [2.75, 3.05) is 19.4 Å². The number of methoxy groups -OCH3 is 1. The van der Waals surface area contributed by atoms with Crippen LogP contribution in [0.3, 0.4) is 0 Å². The molecule has 1 heterocycles. The van der Waals surface area contributed by atoms with E-state index in [4.69, 9.17) is 4.11 Å². The smallest absolute Gasteiger partial charge is 0.341 e. The van der Waals surface area contributed by atoms with E-state index in [1.165, 1.54) is 25.4 Å². The lowest BCUT2D eigenvalue weighted by molar-refractivity contribution is 0.0601. The fourth-order valence-electron chi connectivity index (χ4n) is 0.780. The highest BCUT2D eigenvalue weighted by Crippen LogP contribution is 2.10. The first-order valence-electron chi connectivity index (χ1n) is 4.75. The van der Waals surface area contributed by atoms with Crippen LogP contribution in [0.5, 0.6) is 0 Å². The van der Waals surface area contributed by atoms with E-state index in [1.807, 2.05) is 0 Å². The van der Waals surface area contributed by atoms with E-state index in [0.717, 1.165) is 0 Å². The summed E-state index contributed by atoms with van der Waals surface area (Å²) in [6, 6.07) is 2.96. The molecule has 0 fully saturated rings. The Morgan fingerprint density at radius 1 is 1.83 bits per heavy atom. The standard InChI is InChI=1S/C8H10N2O2/c1-9-7-6(8(11)12-2)4-3-5-10-7/h3-5H,1-2H3,(H,9,10)/i1D3. The van der Waals surface area contributed by atoms with Crippen molar-refractivity contribution >= 4 is 11.8 Å². The third kappa shape index (κ3) is 1.53. The van der Waals surface area contributed by atoms with Gasteiger partial charge in [-0.2, -0.15) is 0 Å². The normalized spacial score (nSPS) is 13.9. The second-order valence-corrected chi connectivity index (χ2v) is 2.02. The minimum Gasteiger partial charge on any atom is -0.465 e. The molecule has 0 aliphatic heterocycles. The van der Waals surface area contributed by atoms with Gasteiger partial charge in [0.1, 0.15) is 11.4 Å². The number of esters is 1. The van der Waals surface area contributed by atoms with Crippen molar-refractivity contribution < 1.29 is 13.6 Å². The topological polar surface area (TPSA) is 51.2 Å². The SMILES string of the molecule is [2H]C([2H])([2H])Nc1ncccc1C(=O)OC. The number of carbonyl (C=O) groups is 1. The average molecular weight is 169 g/mol. The second-order valence-electron chi connectivity index (χ2n) is 2.02. The number of anilines is 1. The van der Waals surface area contributed by atoms with Crippen molar-refractivity contribution in [3.63, 3.8) is 0 Å². The van der Waals surface area contributed by atoms with Crippen molar-refractivity contribution in [1.29, 1.82) is 0 Å². The molecule has 1 aromatic heterocycles. The van der Waals surface area contributed by atoms with Gasteiger partial charge in [0, 0.05) is 17.3 Å². The van der Waals surface area contributed by atoms with Gasteiger partial charge in [0.15, 0.2) is 0 Å². The molecular weight excluding hydrogens is 156 g/mol. The van der Waals surface area contributed by atoms with Crippen LogP contribution in [0.25, 0.3) is 0 Å². The Hall–Kier alpha value is -1.58. The van der Waals surface area contributed by atoms with Gasteiger partial charge in [-0.25, -0.2) is 9.78 Å². The van der Waals surface area contributed by atoms with E-state index in [9.17, 15) is 4.79 Å². The molecular formula is C8H10N2O2. The molecule has 0 spiro atoms. The molecule has 0 aromatic carbocycles. The molecule has 12 heavy (non-hydrogen) atoms. The minimum absolute atomic E-state index is 0.00986. The first-order valence-corrected chi connectivity index (χ1v) is 3.25. The summed E-state index contributed by atoms with van der Waals surface area (Å²) in [7, 11) is 1.22. The molecule has 0 saturated carbocycles. The summed E-state index contributed by atoms with van der Waals surface area (Å²) in [5.74, 6) is -0.640. The van der Waals surface area contributed by atoms with Crippen molar-refractivity contribution in [1.82, 2.24) is 4.98 Å². The summed E-state index contributed by atoms with van der Waals surface area (Å²) < 4.78 is 25.5. The summed E-state index contributed by atoms with van der Waals surface area (Å²) in [5, 5.41) is 2.15. The number of rotatable bonds is 2. The fraction of sp³-hybridized carbons (Fsp3) is 0.250. The van der Waals surface area contributed by atoms with E-state index in [0.29, 0.717) is 0 Å². The van der Waals surface area contributed by atoms with Gasteiger partial charge < -0.3 is 10.1 Å². The van der Waals surface area contributed by atoms with Gasteiger partial charge >= 0.3 is 5.97 Å². The molecule has 0 amide bonds. The Morgan fingerprint density at radius 3 is 3.33 bits per heavy atom. The van der Waals surface area contributed by atoms with Gasteiger partial charge in [-0.3, -0.25) is 0 Å². The van der Waals surface area contributed by atoms with Gasteiger partial charge in [-0.05, 0) is 12.1 Å². The highest BCUT2D eigenvalue weighted by Gasteiger charge is 2.09. The summed E-state index contributed by atoms with van der Waals surface area (Å²) in [4.78, 5) is 15.0. The number of aromatic nitrogens is 1. The van der Waals surface area contributed by atoms with Gasteiger partial charge in [0.25, 0.3) is 0 Å². The molecule has 0 unspecified atom stereocenters. The molecule has 0 aliphatic rings. The number of nitrogens with zero attached hydrogens (tertiary/aromatic N) is 1. The van der Waals surface area contributed by atoms with Crippen LogP contribution in [0.4, 0.5) is 5.82 Å². The van der Waals surface area contributed by atoms with E-state index in [2.05, 4.69) is 15.0 Å². The molecule has 1 aromatic rings. The van der Waals surface area contributed by atoms with Crippen LogP contribution in [0.15, 0.2) is 18.3 Å². The summed E-state index contributed by atoms with van der Waals surface area (Å²) in [6.45, 7) is -2.39. The number of pyridine rings is 1. The summed E-state index contributed by atoms with van der Waals surface area (Å²) in [6.07, 6.45) is 1.39. The van der Waals surface area contributed by atoms with Crippen LogP contribution < -0.4 is 5.32 Å². The molecule has 0 radical (unpaired) electrons. The first-order chi connectivity index (χ1) is 6.94.